The van der Waals surface area contributed by atoms with Gasteiger partial charge in [0.25, 0.3) is 0 Å². The van der Waals surface area contributed by atoms with E-state index in [2.05, 4.69) is 78.4 Å². The third-order valence-electron chi connectivity index (χ3n) is 6.36. The summed E-state index contributed by atoms with van der Waals surface area (Å²) in [4.78, 5) is 22.7. The van der Waals surface area contributed by atoms with Gasteiger partial charge in [0.05, 0.1) is 12.1 Å². The molecule has 0 bridgehead atoms. The zero-order chi connectivity index (χ0) is 22.9. The van der Waals surface area contributed by atoms with E-state index in [1.165, 1.54) is 0 Å². The Hall–Kier alpha value is -3.18. The van der Waals surface area contributed by atoms with Crippen molar-refractivity contribution in [1.82, 2.24) is 14.9 Å². The number of ether oxygens (including phenoxy) is 1. The van der Waals surface area contributed by atoms with Gasteiger partial charge in [-0.2, -0.15) is 0 Å². The third kappa shape index (κ3) is 4.64. The molecular formula is C28H31N3O2. The minimum atomic E-state index is 0.284. The molecule has 4 aromatic rings. The molecule has 5 heteroatoms. The van der Waals surface area contributed by atoms with Crippen molar-refractivity contribution in [3.8, 4) is 16.9 Å². The maximum atomic E-state index is 12.4. The first-order valence-corrected chi connectivity index (χ1v) is 11.8. The first kappa shape index (κ1) is 21.7. The number of Topliss-reactive ketones (excluding diaryl/α,β-unsaturated/α-hetero) is 1. The number of H-pyrrole nitrogens is 1. The highest BCUT2D eigenvalue weighted by Gasteiger charge is 2.29. The van der Waals surface area contributed by atoms with Crippen LogP contribution in [0.3, 0.4) is 0 Å². The Bertz CT molecular complexity index is 1320. The smallest absolute Gasteiger partial charge is 0.143 e. The molecule has 1 aliphatic carbocycles. The summed E-state index contributed by atoms with van der Waals surface area (Å²) in [7, 11) is 4.15. The molecule has 0 spiro atoms. The van der Waals surface area contributed by atoms with Crippen molar-refractivity contribution >= 4 is 27.7 Å². The van der Waals surface area contributed by atoms with Crippen LogP contribution in [-0.2, 0) is 11.2 Å². The van der Waals surface area contributed by atoms with Crippen LogP contribution in [-0.4, -0.2) is 47.9 Å². The molecule has 1 N–H and O–H groups in total. The second-order valence-electron chi connectivity index (χ2n) is 9.52. The number of hydrogen-bond donors (Lipinski definition) is 1. The number of hydrogen-bond acceptors (Lipinski definition) is 4. The van der Waals surface area contributed by atoms with E-state index < -0.39 is 0 Å². The van der Waals surface area contributed by atoms with E-state index in [1.54, 1.807) is 0 Å². The number of aryl methyl sites for hydroxylation is 1. The molecule has 5 nitrogen and oxygen atoms in total. The van der Waals surface area contributed by atoms with Crippen molar-refractivity contribution in [3.63, 3.8) is 0 Å². The van der Waals surface area contributed by atoms with E-state index in [1.807, 2.05) is 6.20 Å². The molecule has 0 atom stereocenters. The van der Waals surface area contributed by atoms with Gasteiger partial charge in [-0.3, -0.25) is 4.79 Å². The zero-order valence-corrected chi connectivity index (χ0v) is 19.6. The van der Waals surface area contributed by atoms with Gasteiger partial charge < -0.3 is 14.6 Å². The molecule has 170 valence electrons. The molecular weight excluding hydrogens is 410 g/mol. The number of fused-ring (bicyclic) bond motifs is 3. The molecule has 0 saturated heterocycles. The van der Waals surface area contributed by atoms with Gasteiger partial charge in [0, 0.05) is 35.9 Å². The molecule has 33 heavy (non-hydrogen) atoms. The molecule has 1 fully saturated rings. The van der Waals surface area contributed by atoms with E-state index in [0.717, 1.165) is 75.7 Å². The van der Waals surface area contributed by atoms with Crippen LogP contribution in [0.15, 0.2) is 48.7 Å². The number of nitrogens with one attached hydrogen (secondary N) is 1. The summed E-state index contributed by atoms with van der Waals surface area (Å²) >= 11 is 0. The fourth-order valence-electron chi connectivity index (χ4n) is 4.49. The molecule has 1 aliphatic rings. The monoisotopic (exact) mass is 441 g/mol. The van der Waals surface area contributed by atoms with Crippen LogP contribution in [0.1, 0.15) is 30.4 Å². The summed E-state index contributed by atoms with van der Waals surface area (Å²) in [5, 5.41) is 2.22. The maximum absolute atomic E-state index is 12.4. The third-order valence-corrected chi connectivity index (χ3v) is 6.36. The maximum Gasteiger partial charge on any atom is 0.143 e. The second kappa shape index (κ2) is 8.99. The summed E-state index contributed by atoms with van der Waals surface area (Å²) in [5.74, 6) is 1.50. The van der Waals surface area contributed by atoms with Crippen LogP contribution in [0.5, 0.6) is 5.75 Å². The highest BCUT2D eigenvalue weighted by molar-refractivity contribution is 6.15. The highest BCUT2D eigenvalue weighted by Crippen LogP contribution is 2.39. The van der Waals surface area contributed by atoms with Crippen molar-refractivity contribution in [2.24, 2.45) is 5.92 Å². The minimum absolute atomic E-state index is 0.284. The largest absolute Gasteiger partial charge is 0.491 e. The Morgan fingerprint density at radius 3 is 2.82 bits per heavy atom. The topological polar surface area (TPSA) is 58.2 Å². The van der Waals surface area contributed by atoms with Crippen LogP contribution >= 0.6 is 0 Å². The second-order valence-corrected chi connectivity index (χ2v) is 9.52. The van der Waals surface area contributed by atoms with Crippen molar-refractivity contribution < 1.29 is 9.53 Å². The molecule has 2 aromatic carbocycles. The van der Waals surface area contributed by atoms with E-state index in [9.17, 15) is 4.79 Å². The van der Waals surface area contributed by atoms with Crippen LogP contribution in [0.2, 0.25) is 0 Å². The molecule has 2 heterocycles. The first-order valence-electron chi connectivity index (χ1n) is 11.8. The fourth-order valence-corrected chi connectivity index (χ4v) is 4.49. The van der Waals surface area contributed by atoms with Crippen molar-refractivity contribution in [1.29, 1.82) is 0 Å². The Kier molecular flexibility index (Phi) is 5.90. The number of carbonyl (C=O) groups is 1. The van der Waals surface area contributed by atoms with Crippen LogP contribution < -0.4 is 4.74 Å². The van der Waals surface area contributed by atoms with E-state index in [0.29, 0.717) is 18.8 Å². The Balaban J connectivity index is 1.56. The molecule has 0 aliphatic heterocycles. The average molecular weight is 442 g/mol. The number of aromatic nitrogens is 2. The minimum Gasteiger partial charge on any atom is -0.491 e. The molecule has 0 amide bonds. The molecule has 0 unspecified atom stereocenters. The average Bonchev–Trinajstić information content (AvgIpc) is 3.58. The number of rotatable bonds is 9. The highest BCUT2D eigenvalue weighted by atomic mass is 16.5. The lowest BCUT2D eigenvalue weighted by Gasteiger charge is -2.13. The van der Waals surface area contributed by atoms with Crippen molar-refractivity contribution in [2.75, 3.05) is 27.2 Å². The van der Waals surface area contributed by atoms with Gasteiger partial charge in [-0.1, -0.05) is 24.3 Å². The van der Waals surface area contributed by atoms with Crippen molar-refractivity contribution in [2.45, 2.75) is 32.6 Å². The summed E-state index contributed by atoms with van der Waals surface area (Å²) < 4.78 is 6.20. The Labute approximate surface area is 194 Å². The van der Waals surface area contributed by atoms with Crippen molar-refractivity contribution in [3.05, 3.63) is 59.8 Å². The SMILES string of the molecule is Cc1cnc2[nH]c3c(OCCCN(C)C)ccc(-c4cccc(CC(=O)C5CC5)c4)c3c2c1. The van der Waals surface area contributed by atoms with Crippen LogP contribution in [0, 0.1) is 12.8 Å². The lowest BCUT2D eigenvalue weighted by Crippen LogP contribution is -2.15. The van der Waals surface area contributed by atoms with E-state index in [4.69, 9.17) is 4.74 Å². The number of benzene rings is 2. The van der Waals surface area contributed by atoms with Crippen LogP contribution in [0.25, 0.3) is 33.1 Å². The first-order chi connectivity index (χ1) is 16.0. The lowest BCUT2D eigenvalue weighted by atomic mass is 9.96. The molecule has 1 saturated carbocycles. The molecule has 0 radical (unpaired) electrons. The lowest BCUT2D eigenvalue weighted by molar-refractivity contribution is -0.119. The number of pyridine rings is 1. The van der Waals surface area contributed by atoms with Gasteiger partial charge in [0.1, 0.15) is 17.2 Å². The van der Waals surface area contributed by atoms with E-state index >= 15 is 0 Å². The van der Waals surface area contributed by atoms with Gasteiger partial charge in [0.2, 0.25) is 0 Å². The normalized spacial score (nSPS) is 13.8. The predicted molar refractivity (Wildman–Crippen MR) is 134 cm³/mol. The number of nitrogens with zero attached hydrogens (tertiary/aromatic N) is 2. The quantitative estimate of drug-likeness (QED) is 0.346. The van der Waals surface area contributed by atoms with E-state index in [-0.39, 0.29) is 5.92 Å². The Morgan fingerprint density at radius 1 is 1.18 bits per heavy atom. The van der Waals surface area contributed by atoms with Gasteiger partial charge in [0.15, 0.2) is 0 Å². The standard InChI is InChI=1S/C28H31N3O2/c1-18-14-23-26-22(21-7-4-6-19(15-21)16-24(32)20-8-9-20)10-11-25(33-13-5-12-31(2)3)27(26)30-28(23)29-17-18/h4,6-7,10-11,14-15,17,20H,5,8-9,12-13,16H2,1-3H3,(H,29,30). The fraction of sp³-hybridized carbons (Fsp3) is 0.357. The molecule has 2 aromatic heterocycles. The number of aromatic amines is 1. The van der Waals surface area contributed by atoms with Gasteiger partial charge >= 0.3 is 0 Å². The van der Waals surface area contributed by atoms with Crippen LogP contribution in [0.4, 0.5) is 0 Å². The summed E-state index contributed by atoms with van der Waals surface area (Å²) in [6, 6.07) is 14.8. The summed E-state index contributed by atoms with van der Waals surface area (Å²) in [6.07, 6.45) is 5.47. The van der Waals surface area contributed by atoms with Gasteiger partial charge in [-0.05, 0) is 80.7 Å². The van der Waals surface area contributed by atoms with Gasteiger partial charge in [-0.15, -0.1) is 0 Å². The predicted octanol–water partition coefficient (Wildman–Crippen LogP) is 5.54. The summed E-state index contributed by atoms with van der Waals surface area (Å²) in [5.41, 5.74) is 6.28. The molecule has 5 rings (SSSR count). The number of ketones is 1. The number of carbonyl (C=O) groups excluding carboxylic acids is 1. The Morgan fingerprint density at radius 2 is 2.03 bits per heavy atom. The zero-order valence-electron chi connectivity index (χ0n) is 19.6. The van der Waals surface area contributed by atoms with Gasteiger partial charge in [-0.25, -0.2) is 4.98 Å². The summed E-state index contributed by atoms with van der Waals surface area (Å²) in [6.45, 7) is 3.71.